The Labute approximate surface area is 127 Å². The molecule has 10 nitrogen and oxygen atoms in total. The zero-order chi connectivity index (χ0) is 16.1. The molecule has 3 aromatic rings. The summed E-state index contributed by atoms with van der Waals surface area (Å²) in [5, 5.41) is 19.6. The number of rotatable bonds is 2. The average molecular weight is 319 g/mol. The maximum absolute atomic E-state index is 12.1. The molecule has 0 aromatic carbocycles. The summed E-state index contributed by atoms with van der Waals surface area (Å²) in [6.07, 6.45) is 0.949. The molecule has 10 heteroatoms. The molecule has 1 aliphatic heterocycles. The number of hydrogen-bond acceptors (Lipinski definition) is 7. The van der Waals surface area contributed by atoms with E-state index in [-0.39, 0.29) is 24.2 Å². The number of aliphatic hydroxyl groups is 2. The van der Waals surface area contributed by atoms with Crippen LogP contribution in [0.3, 0.4) is 0 Å². The highest BCUT2D eigenvalue weighted by Gasteiger charge is 2.35. The highest BCUT2D eigenvalue weighted by atomic mass is 16.5. The van der Waals surface area contributed by atoms with Gasteiger partial charge < -0.3 is 24.5 Å². The van der Waals surface area contributed by atoms with Crippen LogP contribution in [0.2, 0.25) is 0 Å². The van der Waals surface area contributed by atoms with Crippen molar-refractivity contribution in [2.45, 2.75) is 24.9 Å². The standard InChI is InChI=1S/C13H13N5O5/c19-3-7-6(20)1-8(23-7)18-4-15-9-10(18)5-2-14-13(22)17-11(5)16-12(9)21/h2,4,6-8,19-20H,1,3H2,(H2,14,16,17,21,22)/t6-,7+,8+/m0/s1. The third kappa shape index (κ3) is 2.07. The summed E-state index contributed by atoms with van der Waals surface area (Å²) in [6.45, 7) is -0.305. The van der Waals surface area contributed by atoms with Crippen molar-refractivity contribution in [3.63, 3.8) is 0 Å². The van der Waals surface area contributed by atoms with Crippen molar-refractivity contribution >= 4 is 22.1 Å². The molecule has 4 heterocycles. The number of fused-ring (bicyclic) bond motifs is 3. The van der Waals surface area contributed by atoms with Crippen LogP contribution in [-0.2, 0) is 4.74 Å². The van der Waals surface area contributed by atoms with E-state index >= 15 is 0 Å². The number of ether oxygens (including phenoxy) is 1. The molecule has 0 saturated carbocycles. The zero-order valence-corrected chi connectivity index (χ0v) is 11.8. The van der Waals surface area contributed by atoms with Gasteiger partial charge in [0, 0.05) is 12.6 Å². The average Bonchev–Trinajstić information content (AvgIpc) is 3.11. The Morgan fingerprint density at radius 1 is 1.35 bits per heavy atom. The fraction of sp³-hybridized carbons (Fsp3) is 0.385. The van der Waals surface area contributed by atoms with Gasteiger partial charge in [0.15, 0.2) is 5.52 Å². The number of nitrogens with one attached hydrogen (secondary N) is 2. The number of hydrogen-bond donors (Lipinski definition) is 4. The first-order valence-corrected chi connectivity index (χ1v) is 7.00. The molecule has 0 unspecified atom stereocenters. The second-order valence-electron chi connectivity index (χ2n) is 5.40. The molecule has 0 bridgehead atoms. The van der Waals surface area contributed by atoms with Crippen molar-refractivity contribution < 1.29 is 14.9 Å². The van der Waals surface area contributed by atoms with Crippen LogP contribution in [0, 0.1) is 0 Å². The Bertz CT molecular complexity index is 1010. The van der Waals surface area contributed by atoms with Gasteiger partial charge >= 0.3 is 5.69 Å². The van der Waals surface area contributed by atoms with Crippen molar-refractivity contribution in [3.8, 4) is 0 Å². The molecule has 0 aliphatic carbocycles. The maximum Gasteiger partial charge on any atom is 0.346 e. The van der Waals surface area contributed by atoms with Gasteiger partial charge in [0.25, 0.3) is 5.56 Å². The lowest BCUT2D eigenvalue weighted by molar-refractivity contribution is -0.0430. The lowest BCUT2D eigenvalue weighted by Crippen LogP contribution is -2.24. The van der Waals surface area contributed by atoms with Gasteiger partial charge in [-0.1, -0.05) is 0 Å². The molecule has 0 spiro atoms. The molecule has 3 aromatic heterocycles. The van der Waals surface area contributed by atoms with Crippen LogP contribution in [0.1, 0.15) is 12.6 Å². The molecule has 3 atom stereocenters. The summed E-state index contributed by atoms with van der Waals surface area (Å²) in [5.74, 6) is 0. The van der Waals surface area contributed by atoms with E-state index in [9.17, 15) is 19.8 Å². The van der Waals surface area contributed by atoms with Crippen LogP contribution in [-0.4, -0.2) is 53.5 Å². The Morgan fingerprint density at radius 2 is 2.17 bits per heavy atom. The second-order valence-corrected chi connectivity index (χ2v) is 5.40. The predicted octanol–water partition coefficient (Wildman–Crippen LogP) is -1.40. The Kier molecular flexibility index (Phi) is 3.04. The summed E-state index contributed by atoms with van der Waals surface area (Å²) in [4.78, 5) is 36.2. The number of aliphatic hydroxyl groups excluding tert-OH is 2. The van der Waals surface area contributed by atoms with Crippen molar-refractivity contribution in [2.24, 2.45) is 0 Å². The molecule has 120 valence electrons. The number of aromatic nitrogens is 5. The fourth-order valence-electron chi connectivity index (χ4n) is 2.91. The minimum absolute atomic E-state index is 0.178. The maximum atomic E-state index is 12.1. The quantitative estimate of drug-likeness (QED) is 0.454. The van der Waals surface area contributed by atoms with E-state index in [4.69, 9.17) is 4.74 Å². The highest BCUT2D eigenvalue weighted by molar-refractivity contribution is 5.99. The SMILES string of the molecule is O=c1ncc2c([nH]1)[nH]c(=O)c1ncn([C@H]3C[C@H](O)[C@@H](CO)O3)c12. The lowest BCUT2D eigenvalue weighted by atomic mass is 10.2. The van der Waals surface area contributed by atoms with Crippen LogP contribution in [0.25, 0.3) is 22.1 Å². The smallest absolute Gasteiger partial charge is 0.346 e. The van der Waals surface area contributed by atoms with Crippen molar-refractivity contribution in [1.29, 1.82) is 0 Å². The summed E-state index contributed by atoms with van der Waals surface area (Å²) < 4.78 is 7.21. The molecule has 1 fully saturated rings. The Balaban J connectivity index is 1.97. The Hall–Kier alpha value is -2.56. The monoisotopic (exact) mass is 319 g/mol. The summed E-state index contributed by atoms with van der Waals surface area (Å²) in [6, 6.07) is 0. The molecule has 0 amide bonds. The van der Waals surface area contributed by atoms with Gasteiger partial charge in [-0.25, -0.2) is 14.8 Å². The van der Waals surface area contributed by atoms with Crippen molar-refractivity contribution in [3.05, 3.63) is 33.4 Å². The molecular formula is C13H13N5O5. The van der Waals surface area contributed by atoms with Gasteiger partial charge in [-0.2, -0.15) is 0 Å². The number of pyridine rings is 1. The van der Waals surface area contributed by atoms with Gasteiger partial charge in [0.1, 0.15) is 18.0 Å². The number of H-pyrrole nitrogens is 2. The minimum atomic E-state index is -0.811. The van der Waals surface area contributed by atoms with E-state index < -0.39 is 29.7 Å². The van der Waals surface area contributed by atoms with Gasteiger partial charge in [-0.05, 0) is 0 Å². The molecule has 1 saturated heterocycles. The molecule has 23 heavy (non-hydrogen) atoms. The first-order valence-electron chi connectivity index (χ1n) is 7.00. The first kappa shape index (κ1) is 14.1. The molecular weight excluding hydrogens is 306 g/mol. The van der Waals surface area contributed by atoms with Gasteiger partial charge in [0.2, 0.25) is 0 Å². The normalized spacial score (nSPS) is 24.7. The Morgan fingerprint density at radius 3 is 2.91 bits per heavy atom. The summed E-state index contributed by atoms with van der Waals surface area (Å²) in [5.41, 5.74) is -0.168. The predicted molar refractivity (Wildman–Crippen MR) is 77.9 cm³/mol. The van der Waals surface area contributed by atoms with E-state index in [0.717, 1.165) is 0 Å². The minimum Gasteiger partial charge on any atom is -0.394 e. The van der Waals surface area contributed by atoms with Gasteiger partial charge in [-0.3, -0.25) is 9.78 Å². The van der Waals surface area contributed by atoms with E-state index in [1.165, 1.54) is 12.5 Å². The summed E-state index contributed by atoms with van der Waals surface area (Å²) in [7, 11) is 0. The van der Waals surface area contributed by atoms with Crippen LogP contribution < -0.4 is 11.2 Å². The summed E-state index contributed by atoms with van der Waals surface area (Å²) >= 11 is 0. The molecule has 0 radical (unpaired) electrons. The highest BCUT2D eigenvalue weighted by Crippen LogP contribution is 2.32. The van der Waals surface area contributed by atoms with E-state index in [1.54, 1.807) is 4.57 Å². The number of nitrogens with zero attached hydrogens (tertiary/aromatic N) is 3. The van der Waals surface area contributed by atoms with Crippen LogP contribution >= 0.6 is 0 Å². The first-order chi connectivity index (χ1) is 11.1. The van der Waals surface area contributed by atoms with Crippen molar-refractivity contribution in [2.75, 3.05) is 6.61 Å². The van der Waals surface area contributed by atoms with E-state index in [1.807, 2.05) is 0 Å². The van der Waals surface area contributed by atoms with E-state index in [2.05, 4.69) is 19.9 Å². The number of aromatic amines is 2. The van der Waals surface area contributed by atoms with E-state index in [0.29, 0.717) is 10.9 Å². The molecule has 1 aliphatic rings. The molecule has 4 rings (SSSR count). The van der Waals surface area contributed by atoms with Crippen LogP contribution in [0.5, 0.6) is 0 Å². The van der Waals surface area contributed by atoms with Gasteiger partial charge in [-0.15, -0.1) is 0 Å². The van der Waals surface area contributed by atoms with Crippen molar-refractivity contribution in [1.82, 2.24) is 24.5 Å². The third-order valence-corrected chi connectivity index (χ3v) is 4.01. The fourth-order valence-corrected chi connectivity index (χ4v) is 2.91. The van der Waals surface area contributed by atoms with Gasteiger partial charge in [0.05, 0.1) is 29.9 Å². The van der Waals surface area contributed by atoms with Crippen LogP contribution in [0.15, 0.2) is 22.1 Å². The number of imidazole rings is 1. The van der Waals surface area contributed by atoms with Crippen LogP contribution in [0.4, 0.5) is 0 Å². The zero-order valence-electron chi connectivity index (χ0n) is 11.8. The topological polar surface area (TPSA) is 146 Å². The second kappa shape index (κ2) is 4.98. The third-order valence-electron chi connectivity index (χ3n) is 4.01. The lowest BCUT2D eigenvalue weighted by Gasteiger charge is -2.14. The largest absolute Gasteiger partial charge is 0.394 e. The molecule has 4 N–H and O–H groups in total.